The van der Waals surface area contributed by atoms with Gasteiger partial charge in [-0.2, -0.15) is 0 Å². The Bertz CT molecular complexity index is 400. The molecule has 2 nitrogen and oxygen atoms in total. The number of nitrogens with two attached hydrogens (primary N) is 1. The maximum absolute atomic E-state index is 5.99. The summed E-state index contributed by atoms with van der Waals surface area (Å²) in [5.74, 6) is 0.675. The largest absolute Gasteiger partial charge is 0.328 e. The Morgan fingerprint density at radius 1 is 1.26 bits per heavy atom. The van der Waals surface area contributed by atoms with E-state index in [1.165, 1.54) is 24.1 Å². The standard InChI is InChI=1S/C17H28N2/c1-13(18)15-9-10-19(12-15)11-14-5-7-16(8-6-14)17(2,3)4/h5-8,13,15H,9-12,18H2,1-4H3. The SMILES string of the molecule is CC(N)C1CCN(Cc2ccc(C(C)(C)C)cc2)C1. The van der Waals surface area contributed by atoms with E-state index in [2.05, 4.69) is 56.9 Å². The maximum Gasteiger partial charge on any atom is 0.0233 e. The van der Waals surface area contributed by atoms with Crippen molar-refractivity contribution in [3.05, 3.63) is 35.4 Å². The molecule has 2 unspecified atom stereocenters. The van der Waals surface area contributed by atoms with Crippen LogP contribution in [0.3, 0.4) is 0 Å². The van der Waals surface area contributed by atoms with Crippen molar-refractivity contribution >= 4 is 0 Å². The lowest BCUT2D eigenvalue weighted by Gasteiger charge is -2.21. The number of likely N-dealkylation sites (tertiary alicyclic amines) is 1. The van der Waals surface area contributed by atoms with Gasteiger partial charge in [0.25, 0.3) is 0 Å². The van der Waals surface area contributed by atoms with Crippen LogP contribution in [0.4, 0.5) is 0 Å². The highest BCUT2D eigenvalue weighted by Crippen LogP contribution is 2.24. The van der Waals surface area contributed by atoms with Gasteiger partial charge < -0.3 is 5.73 Å². The van der Waals surface area contributed by atoms with Crippen LogP contribution in [0.1, 0.15) is 45.2 Å². The second-order valence-electron chi connectivity index (χ2n) is 7.09. The molecule has 106 valence electrons. The molecule has 0 bridgehead atoms. The molecule has 0 aromatic heterocycles. The Morgan fingerprint density at radius 2 is 1.89 bits per heavy atom. The van der Waals surface area contributed by atoms with Gasteiger partial charge in [-0.25, -0.2) is 0 Å². The van der Waals surface area contributed by atoms with E-state index in [9.17, 15) is 0 Å². The fourth-order valence-electron chi connectivity index (χ4n) is 2.80. The van der Waals surface area contributed by atoms with Crippen LogP contribution >= 0.6 is 0 Å². The van der Waals surface area contributed by atoms with Crippen LogP contribution in [0, 0.1) is 5.92 Å². The van der Waals surface area contributed by atoms with E-state index in [1.54, 1.807) is 0 Å². The Morgan fingerprint density at radius 3 is 2.37 bits per heavy atom. The number of rotatable bonds is 3. The number of hydrogen-bond donors (Lipinski definition) is 1. The molecule has 2 atom stereocenters. The van der Waals surface area contributed by atoms with Crippen LogP contribution in [0.25, 0.3) is 0 Å². The minimum absolute atomic E-state index is 0.242. The van der Waals surface area contributed by atoms with E-state index < -0.39 is 0 Å². The molecule has 1 aromatic carbocycles. The molecule has 1 aliphatic heterocycles. The van der Waals surface area contributed by atoms with Crippen molar-refractivity contribution in [2.75, 3.05) is 13.1 Å². The number of nitrogens with zero attached hydrogens (tertiary/aromatic N) is 1. The van der Waals surface area contributed by atoms with E-state index in [0.717, 1.165) is 13.1 Å². The summed E-state index contributed by atoms with van der Waals surface area (Å²) in [7, 11) is 0. The number of benzene rings is 1. The topological polar surface area (TPSA) is 29.3 Å². The number of hydrogen-bond acceptors (Lipinski definition) is 2. The third kappa shape index (κ3) is 3.80. The van der Waals surface area contributed by atoms with E-state index >= 15 is 0 Å². The highest BCUT2D eigenvalue weighted by molar-refractivity contribution is 5.27. The van der Waals surface area contributed by atoms with Crippen LogP contribution in [0.2, 0.25) is 0 Å². The van der Waals surface area contributed by atoms with Gasteiger partial charge in [-0.05, 0) is 42.3 Å². The summed E-state index contributed by atoms with van der Waals surface area (Å²) in [4.78, 5) is 2.53. The first-order chi connectivity index (χ1) is 8.86. The summed E-state index contributed by atoms with van der Waals surface area (Å²) in [6, 6.07) is 9.43. The second-order valence-corrected chi connectivity index (χ2v) is 7.09. The van der Waals surface area contributed by atoms with Crippen LogP contribution in [-0.2, 0) is 12.0 Å². The first-order valence-electron chi connectivity index (χ1n) is 7.43. The van der Waals surface area contributed by atoms with Crippen molar-refractivity contribution in [3.63, 3.8) is 0 Å². The average Bonchev–Trinajstić information content (AvgIpc) is 2.77. The van der Waals surface area contributed by atoms with Crippen LogP contribution in [0.15, 0.2) is 24.3 Å². The van der Waals surface area contributed by atoms with Crippen molar-refractivity contribution in [3.8, 4) is 0 Å². The third-order valence-electron chi connectivity index (χ3n) is 4.28. The predicted molar refractivity (Wildman–Crippen MR) is 82.2 cm³/mol. The predicted octanol–water partition coefficient (Wildman–Crippen LogP) is 3.15. The molecule has 0 saturated carbocycles. The van der Waals surface area contributed by atoms with Gasteiger partial charge in [0.2, 0.25) is 0 Å². The van der Waals surface area contributed by atoms with Gasteiger partial charge in [0.15, 0.2) is 0 Å². The molecule has 0 spiro atoms. The van der Waals surface area contributed by atoms with Gasteiger partial charge in [-0.3, -0.25) is 4.90 Å². The summed E-state index contributed by atoms with van der Waals surface area (Å²) in [5.41, 5.74) is 9.06. The van der Waals surface area contributed by atoms with Gasteiger partial charge in [-0.1, -0.05) is 45.0 Å². The average molecular weight is 260 g/mol. The molecule has 1 heterocycles. The summed E-state index contributed by atoms with van der Waals surface area (Å²) < 4.78 is 0. The minimum Gasteiger partial charge on any atom is -0.328 e. The molecule has 1 aromatic rings. The molecule has 1 aliphatic rings. The fraction of sp³-hybridized carbons (Fsp3) is 0.647. The van der Waals surface area contributed by atoms with Crippen LogP contribution in [0.5, 0.6) is 0 Å². The molecular formula is C17H28N2. The molecule has 0 radical (unpaired) electrons. The van der Waals surface area contributed by atoms with Crippen LogP contribution in [-0.4, -0.2) is 24.0 Å². The van der Waals surface area contributed by atoms with E-state index in [-0.39, 0.29) is 5.41 Å². The van der Waals surface area contributed by atoms with Gasteiger partial charge in [0.1, 0.15) is 0 Å². The Kier molecular flexibility index (Phi) is 4.32. The van der Waals surface area contributed by atoms with Gasteiger partial charge >= 0.3 is 0 Å². The molecule has 0 amide bonds. The van der Waals surface area contributed by atoms with Crippen molar-refractivity contribution in [1.82, 2.24) is 4.90 Å². The zero-order valence-corrected chi connectivity index (χ0v) is 12.8. The third-order valence-corrected chi connectivity index (χ3v) is 4.28. The first kappa shape index (κ1) is 14.5. The molecule has 1 saturated heterocycles. The summed E-state index contributed by atoms with van der Waals surface area (Å²) >= 11 is 0. The molecule has 2 heteroatoms. The Balaban J connectivity index is 1.94. The minimum atomic E-state index is 0.242. The molecule has 1 fully saturated rings. The smallest absolute Gasteiger partial charge is 0.0233 e. The van der Waals surface area contributed by atoms with Crippen molar-refractivity contribution in [2.45, 2.75) is 52.1 Å². The highest BCUT2D eigenvalue weighted by Gasteiger charge is 2.25. The molecule has 2 N–H and O–H groups in total. The van der Waals surface area contributed by atoms with Crippen molar-refractivity contribution < 1.29 is 0 Å². The lowest BCUT2D eigenvalue weighted by atomic mass is 9.87. The van der Waals surface area contributed by atoms with Crippen molar-refractivity contribution in [2.24, 2.45) is 11.7 Å². The van der Waals surface area contributed by atoms with E-state index in [1.807, 2.05) is 0 Å². The maximum atomic E-state index is 5.99. The first-order valence-corrected chi connectivity index (χ1v) is 7.43. The molecule has 2 rings (SSSR count). The van der Waals surface area contributed by atoms with Gasteiger partial charge in [0, 0.05) is 19.1 Å². The zero-order valence-electron chi connectivity index (χ0n) is 12.8. The lowest BCUT2D eigenvalue weighted by molar-refractivity contribution is 0.308. The normalized spacial score (nSPS) is 22.7. The van der Waals surface area contributed by atoms with Gasteiger partial charge in [-0.15, -0.1) is 0 Å². The zero-order chi connectivity index (χ0) is 14.0. The van der Waals surface area contributed by atoms with Gasteiger partial charge in [0.05, 0.1) is 0 Å². The summed E-state index contributed by atoms with van der Waals surface area (Å²) in [5, 5.41) is 0. The summed E-state index contributed by atoms with van der Waals surface area (Å²) in [6.45, 7) is 12.3. The van der Waals surface area contributed by atoms with Crippen LogP contribution < -0.4 is 5.73 Å². The lowest BCUT2D eigenvalue weighted by Crippen LogP contribution is -2.29. The quantitative estimate of drug-likeness (QED) is 0.904. The molecule has 19 heavy (non-hydrogen) atoms. The van der Waals surface area contributed by atoms with E-state index in [4.69, 9.17) is 5.73 Å². The van der Waals surface area contributed by atoms with Crippen molar-refractivity contribution in [1.29, 1.82) is 0 Å². The molecular weight excluding hydrogens is 232 g/mol. The Labute approximate surface area is 118 Å². The second kappa shape index (κ2) is 5.64. The highest BCUT2D eigenvalue weighted by atomic mass is 15.1. The summed E-state index contributed by atoms with van der Waals surface area (Å²) in [6.07, 6.45) is 1.25. The molecule has 0 aliphatic carbocycles. The fourth-order valence-corrected chi connectivity index (χ4v) is 2.80. The monoisotopic (exact) mass is 260 g/mol. The van der Waals surface area contributed by atoms with E-state index in [0.29, 0.717) is 12.0 Å². The Hall–Kier alpha value is -0.860.